The molecule has 0 saturated heterocycles. The molecule has 0 unspecified atom stereocenters. The van der Waals surface area contributed by atoms with Gasteiger partial charge in [-0.2, -0.15) is 0 Å². The van der Waals surface area contributed by atoms with Crippen LogP contribution in [0.4, 0.5) is 0 Å². The maximum absolute atomic E-state index is 11.2. The van der Waals surface area contributed by atoms with Crippen LogP contribution in [0.5, 0.6) is 0 Å². The van der Waals surface area contributed by atoms with E-state index in [-0.39, 0.29) is 11.6 Å². The van der Waals surface area contributed by atoms with Crippen LogP contribution in [0, 0.1) is 0 Å². The van der Waals surface area contributed by atoms with Crippen LogP contribution >= 0.6 is 0 Å². The van der Waals surface area contributed by atoms with Crippen molar-refractivity contribution in [3.63, 3.8) is 0 Å². The van der Waals surface area contributed by atoms with Gasteiger partial charge in [0.05, 0.1) is 0 Å². The molecule has 0 bridgehead atoms. The normalized spacial score (nSPS) is 21.4. The molecule has 0 aromatic rings. The van der Waals surface area contributed by atoms with Crippen molar-refractivity contribution in [2.75, 3.05) is 0 Å². The van der Waals surface area contributed by atoms with Gasteiger partial charge in [-0.05, 0) is 25.3 Å². The molecule has 0 saturated carbocycles. The van der Waals surface area contributed by atoms with E-state index < -0.39 is 0 Å². The lowest BCUT2D eigenvalue weighted by Crippen LogP contribution is -2.10. The summed E-state index contributed by atoms with van der Waals surface area (Å²) >= 11 is 0. The van der Waals surface area contributed by atoms with Crippen molar-refractivity contribution in [1.29, 1.82) is 0 Å². The second kappa shape index (κ2) is 6.52. The summed E-state index contributed by atoms with van der Waals surface area (Å²) in [6.45, 7) is 0. The van der Waals surface area contributed by atoms with E-state index in [0.29, 0.717) is 6.42 Å². The minimum absolute atomic E-state index is 0.221. The molecule has 0 fully saturated rings. The fourth-order valence-electron chi connectivity index (χ4n) is 1.66. The Morgan fingerprint density at radius 2 is 1.50 bits per heavy atom. The van der Waals surface area contributed by atoms with Gasteiger partial charge in [-0.25, -0.2) is 0 Å². The van der Waals surface area contributed by atoms with Gasteiger partial charge in [0.1, 0.15) is 0 Å². The average Bonchev–Trinajstić information content (AvgIpc) is 2.18. The lowest BCUT2D eigenvalue weighted by Gasteiger charge is -2.01. The van der Waals surface area contributed by atoms with Gasteiger partial charge in [0, 0.05) is 6.42 Å². The molecule has 0 spiro atoms. The van der Waals surface area contributed by atoms with Crippen LogP contribution in [0.2, 0.25) is 0 Å². The van der Waals surface area contributed by atoms with Crippen LogP contribution < -0.4 is 0 Å². The summed E-state index contributed by atoms with van der Waals surface area (Å²) in [5.74, 6) is -0.535. The summed E-state index contributed by atoms with van der Waals surface area (Å²) in [6.07, 6.45) is 11.4. The molecule has 2 heteroatoms. The van der Waals surface area contributed by atoms with Crippen molar-refractivity contribution in [2.45, 2.75) is 51.4 Å². The molecule has 0 heterocycles. The molecule has 78 valence electrons. The van der Waals surface area contributed by atoms with Gasteiger partial charge >= 0.3 is 0 Å². The molecule has 0 aromatic carbocycles. The highest BCUT2D eigenvalue weighted by Gasteiger charge is 2.09. The van der Waals surface area contributed by atoms with Crippen LogP contribution in [0.15, 0.2) is 12.2 Å². The highest BCUT2D eigenvalue weighted by molar-refractivity contribution is 6.41. The van der Waals surface area contributed by atoms with Crippen molar-refractivity contribution in [3.05, 3.63) is 12.2 Å². The number of Topliss-reactive ketones (excluding diaryl/α,β-unsaturated/α-hetero) is 1. The second-order valence-corrected chi connectivity index (χ2v) is 3.85. The summed E-state index contributed by atoms with van der Waals surface area (Å²) in [7, 11) is 0. The molecule has 0 amide bonds. The molecule has 1 aliphatic rings. The number of carbonyl (C=O) groups is 2. The van der Waals surface area contributed by atoms with Crippen molar-refractivity contribution < 1.29 is 9.59 Å². The van der Waals surface area contributed by atoms with Crippen molar-refractivity contribution in [1.82, 2.24) is 0 Å². The van der Waals surface area contributed by atoms with Gasteiger partial charge in [-0.3, -0.25) is 9.59 Å². The first-order valence-corrected chi connectivity index (χ1v) is 5.54. The van der Waals surface area contributed by atoms with Gasteiger partial charge < -0.3 is 0 Å². The summed E-state index contributed by atoms with van der Waals surface area (Å²) in [5.41, 5.74) is 0. The maximum Gasteiger partial charge on any atom is 0.221 e. The monoisotopic (exact) mass is 194 g/mol. The van der Waals surface area contributed by atoms with E-state index in [2.05, 4.69) is 0 Å². The molecule has 2 nitrogen and oxygen atoms in total. The first kappa shape index (κ1) is 11.2. The quantitative estimate of drug-likeness (QED) is 0.556. The summed E-state index contributed by atoms with van der Waals surface area (Å²) in [4.78, 5) is 22.4. The molecule has 1 rings (SSSR count). The number of hydrogen-bond donors (Lipinski definition) is 0. The summed E-state index contributed by atoms with van der Waals surface area (Å²) in [5, 5.41) is 0. The molecule has 1 aliphatic carbocycles. The predicted octanol–water partition coefficient (Wildman–Crippen LogP) is 2.82. The van der Waals surface area contributed by atoms with Gasteiger partial charge in [0.15, 0.2) is 0 Å². The Morgan fingerprint density at radius 1 is 0.857 bits per heavy atom. The minimum atomic E-state index is -0.314. The standard InChI is InChI=1S/C12H18O2/c13-11-9-7-5-3-1-2-4-6-8-10-12(11)14/h7,9H,1-6,8,10H2. The average molecular weight is 194 g/mol. The Hall–Kier alpha value is -0.920. The molecule has 0 atom stereocenters. The first-order chi connectivity index (χ1) is 6.80. The van der Waals surface area contributed by atoms with Crippen molar-refractivity contribution in [3.8, 4) is 0 Å². The lowest BCUT2D eigenvalue weighted by atomic mass is 10.0. The second-order valence-electron chi connectivity index (χ2n) is 3.85. The van der Waals surface area contributed by atoms with E-state index >= 15 is 0 Å². The van der Waals surface area contributed by atoms with Crippen LogP contribution in [-0.2, 0) is 9.59 Å². The van der Waals surface area contributed by atoms with Crippen molar-refractivity contribution in [2.24, 2.45) is 0 Å². The Kier molecular flexibility index (Phi) is 5.20. The fourth-order valence-corrected chi connectivity index (χ4v) is 1.66. The third-order valence-electron chi connectivity index (χ3n) is 2.57. The molecular weight excluding hydrogens is 176 g/mol. The fraction of sp³-hybridized carbons (Fsp3) is 0.667. The van der Waals surface area contributed by atoms with E-state index in [1.54, 1.807) is 0 Å². The molecule has 0 aliphatic heterocycles. The van der Waals surface area contributed by atoms with Gasteiger partial charge in [0.25, 0.3) is 0 Å². The van der Waals surface area contributed by atoms with Gasteiger partial charge in [-0.1, -0.05) is 31.8 Å². The van der Waals surface area contributed by atoms with E-state index in [4.69, 9.17) is 0 Å². The zero-order chi connectivity index (χ0) is 10.2. The largest absolute Gasteiger partial charge is 0.291 e. The minimum Gasteiger partial charge on any atom is -0.291 e. The van der Waals surface area contributed by atoms with Crippen LogP contribution in [0.25, 0.3) is 0 Å². The van der Waals surface area contributed by atoms with E-state index in [1.807, 2.05) is 6.08 Å². The third-order valence-corrected chi connectivity index (χ3v) is 2.57. The van der Waals surface area contributed by atoms with Gasteiger partial charge in [-0.15, -0.1) is 0 Å². The highest BCUT2D eigenvalue weighted by Crippen LogP contribution is 2.10. The van der Waals surface area contributed by atoms with E-state index in [9.17, 15) is 9.59 Å². The number of carbonyl (C=O) groups excluding carboxylic acids is 2. The zero-order valence-corrected chi connectivity index (χ0v) is 8.63. The Morgan fingerprint density at radius 3 is 2.29 bits per heavy atom. The molecular formula is C12H18O2. The van der Waals surface area contributed by atoms with Crippen LogP contribution in [0.1, 0.15) is 51.4 Å². The number of rotatable bonds is 0. The first-order valence-electron chi connectivity index (χ1n) is 5.54. The number of allylic oxidation sites excluding steroid dienone is 2. The predicted molar refractivity (Wildman–Crippen MR) is 56.1 cm³/mol. The smallest absolute Gasteiger partial charge is 0.221 e. The topological polar surface area (TPSA) is 34.1 Å². The number of hydrogen-bond acceptors (Lipinski definition) is 2. The summed E-state index contributed by atoms with van der Waals surface area (Å²) in [6, 6.07) is 0. The Balaban J connectivity index is 2.43. The molecule has 0 aromatic heterocycles. The molecule has 14 heavy (non-hydrogen) atoms. The van der Waals surface area contributed by atoms with E-state index in [0.717, 1.165) is 25.7 Å². The summed E-state index contributed by atoms with van der Waals surface area (Å²) < 4.78 is 0. The SMILES string of the molecule is O=C1C=CCCCCCCCCC1=O. The third kappa shape index (κ3) is 4.35. The molecule has 0 radical (unpaired) electrons. The Bertz CT molecular complexity index is 228. The lowest BCUT2D eigenvalue weighted by molar-refractivity contribution is -0.133. The van der Waals surface area contributed by atoms with E-state index in [1.165, 1.54) is 25.3 Å². The van der Waals surface area contributed by atoms with Crippen molar-refractivity contribution >= 4 is 11.6 Å². The zero-order valence-electron chi connectivity index (χ0n) is 8.63. The maximum atomic E-state index is 11.2. The highest BCUT2D eigenvalue weighted by atomic mass is 16.2. The van der Waals surface area contributed by atoms with Crippen LogP contribution in [0.3, 0.4) is 0 Å². The van der Waals surface area contributed by atoms with Crippen LogP contribution in [-0.4, -0.2) is 11.6 Å². The molecule has 0 N–H and O–H groups in total. The Labute approximate surface area is 85.4 Å². The number of ketones is 2. The van der Waals surface area contributed by atoms with Gasteiger partial charge in [0.2, 0.25) is 11.6 Å².